The Balaban J connectivity index is 1.25. The molecule has 2 amide bonds. The highest BCUT2D eigenvalue weighted by atomic mass is 19.4. The third-order valence-electron chi connectivity index (χ3n) is 7.51. The van der Waals surface area contributed by atoms with Gasteiger partial charge in [-0.15, -0.1) is 5.10 Å². The lowest BCUT2D eigenvalue weighted by atomic mass is 10.0. The Labute approximate surface area is 245 Å². The lowest BCUT2D eigenvalue weighted by Gasteiger charge is -2.28. The number of nitrogens with zero attached hydrogens (tertiary/aromatic N) is 5. The van der Waals surface area contributed by atoms with Crippen molar-refractivity contribution in [1.29, 1.82) is 0 Å². The highest BCUT2D eigenvalue weighted by Gasteiger charge is 2.43. The fraction of sp³-hybridized carbons (Fsp3) is 0.379. The van der Waals surface area contributed by atoms with E-state index in [1.807, 2.05) is 0 Å². The maximum absolute atomic E-state index is 13.8. The van der Waals surface area contributed by atoms with Crippen LogP contribution in [0, 0.1) is 0 Å². The van der Waals surface area contributed by atoms with E-state index in [0.717, 1.165) is 5.56 Å². The number of likely N-dealkylation sites (N-methyl/N-ethyl adjacent to an activating group) is 1. The van der Waals surface area contributed by atoms with Gasteiger partial charge < -0.3 is 24.0 Å². The standard InChI is InChI=1S/C29H30F3N5O6/c1-34(24(38)17-35-14-12-22(16-35)43-28(40)29(30,31)32)18-4-6-19(7-5-18)36-15-13-23-25(27(36)39)37(33-26(23)42-3)20-8-10-21(41-2)11-9-20/h4-11,22H,12-17H2,1-3H3. The third-order valence-corrected chi connectivity index (χ3v) is 7.51. The van der Waals surface area contributed by atoms with Crippen LogP contribution < -0.4 is 19.3 Å². The molecule has 1 saturated heterocycles. The van der Waals surface area contributed by atoms with Crippen molar-refractivity contribution in [1.82, 2.24) is 14.7 Å². The van der Waals surface area contributed by atoms with Crippen molar-refractivity contribution < 1.29 is 41.8 Å². The van der Waals surface area contributed by atoms with E-state index < -0.39 is 18.2 Å². The Morgan fingerprint density at radius 3 is 2.30 bits per heavy atom. The summed E-state index contributed by atoms with van der Waals surface area (Å²) in [5, 5.41) is 4.53. The molecule has 2 aromatic carbocycles. The Morgan fingerprint density at radius 1 is 1.00 bits per heavy atom. The normalized spacial score (nSPS) is 17.0. The summed E-state index contributed by atoms with van der Waals surface area (Å²) in [4.78, 5) is 42.5. The second-order valence-corrected chi connectivity index (χ2v) is 10.2. The highest BCUT2D eigenvalue weighted by Crippen LogP contribution is 2.33. The number of hydrogen-bond donors (Lipinski definition) is 0. The van der Waals surface area contributed by atoms with Gasteiger partial charge in [0, 0.05) is 43.6 Å². The monoisotopic (exact) mass is 601 g/mol. The molecule has 0 N–H and O–H groups in total. The molecule has 0 aliphatic carbocycles. The predicted octanol–water partition coefficient (Wildman–Crippen LogP) is 3.24. The average Bonchev–Trinajstić information content (AvgIpc) is 3.61. The molecule has 1 atom stereocenters. The first-order valence-electron chi connectivity index (χ1n) is 13.5. The molecule has 3 aromatic rings. The van der Waals surface area contributed by atoms with Gasteiger partial charge in [0.2, 0.25) is 11.8 Å². The van der Waals surface area contributed by atoms with Crippen LogP contribution in [-0.4, -0.2) is 92.2 Å². The lowest BCUT2D eigenvalue weighted by Crippen LogP contribution is -2.39. The molecule has 228 valence electrons. The van der Waals surface area contributed by atoms with Crippen LogP contribution in [0.3, 0.4) is 0 Å². The van der Waals surface area contributed by atoms with Crippen molar-refractivity contribution in [3.63, 3.8) is 0 Å². The number of esters is 1. The first-order valence-corrected chi connectivity index (χ1v) is 13.5. The van der Waals surface area contributed by atoms with Gasteiger partial charge in [-0.25, -0.2) is 9.48 Å². The SMILES string of the molecule is COc1ccc(-n2nc(OC)c3c2C(=O)N(c2ccc(N(C)C(=O)CN4CCC(OC(=O)C(F)(F)F)C4)cc2)CC3)cc1. The molecular weight excluding hydrogens is 571 g/mol. The highest BCUT2D eigenvalue weighted by molar-refractivity contribution is 6.08. The fourth-order valence-corrected chi connectivity index (χ4v) is 5.20. The number of carbonyl (C=O) groups excluding carboxylic acids is 3. The topological polar surface area (TPSA) is 106 Å². The minimum absolute atomic E-state index is 0.0390. The van der Waals surface area contributed by atoms with Crippen LogP contribution in [-0.2, 0) is 20.7 Å². The molecule has 0 saturated carbocycles. The van der Waals surface area contributed by atoms with Gasteiger partial charge in [-0.05, 0) is 61.4 Å². The van der Waals surface area contributed by atoms with Gasteiger partial charge in [-0.1, -0.05) is 0 Å². The number of fused-ring (bicyclic) bond motifs is 1. The molecule has 1 aromatic heterocycles. The number of ether oxygens (including phenoxy) is 3. The van der Waals surface area contributed by atoms with E-state index in [4.69, 9.17) is 9.47 Å². The summed E-state index contributed by atoms with van der Waals surface area (Å²) in [7, 11) is 4.67. The number of aromatic nitrogens is 2. The van der Waals surface area contributed by atoms with Crippen molar-refractivity contribution in [2.45, 2.75) is 25.1 Å². The fourth-order valence-electron chi connectivity index (χ4n) is 5.20. The number of amides is 2. The van der Waals surface area contributed by atoms with Crippen molar-refractivity contribution in [3.05, 3.63) is 59.8 Å². The number of anilines is 2. The number of benzene rings is 2. The zero-order chi connectivity index (χ0) is 30.9. The average molecular weight is 602 g/mol. The van der Waals surface area contributed by atoms with Crippen LogP contribution in [0.1, 0.15) is 22.5 Å². The lowest BCUT2D eigenvalue weighted by molar-refractivity contribution is -0.204. The largest absolute Gasteiger partial charge is 0.497 e. The van der Waals surface area contributed by atoms with Gasteiger partial charge in [-0.3, -0.25) is 14.5 Å². The van der Waals surface area contributed by atoms with Crippen LogP contribution in [0.2, 0.25) is 0 Å². The number of carbonyl (C=O) groups is 3. The Bertz CT molecular complexity index is 1510. The number of alkyl halides is 3. The van der Waals surface area contributed by atoms with E-state index >= 15 is 0 Å². The minimum Gasteiger partial charge on any atom is -0.497 e. The van der Waals surface area contributed by atoms with Crippen LogP contribution in [0.5, 0.6) is 11.6 Å². The molecular formula is C29H30F3N5O6. The summed E-state index contributed by atoms with van der Waals surface area (Å²) in [6.45, 7) is 0.713. The molecule has 0 radical (unpaired) electrons. The molecule has 1 unspecified atom stereocenters. The van der Waals surface area contributed by atoms with Crippen molar-refractivity contribution in [2.75, 3.05) is 57.2 Å². The first kappa shape index (κ1) is 29.9. The molecule has 11 nitrogen and oxygen atoms in total. The quantitative estimate of drug-likeness (QED) is 0.363. The van der Waals surface area contributed by atoms with Gasteiger partial charge in [0.15, 0.2) is 0 Å². The van der Waals surface area contributed by atoms with Gasteiger partial charge in [0.05, 0.1) is 26.5 Å². The third kappa shape index (κ3) is 6.14. The van der Waals surface area contributed by atoms with Gasteiger partial charge in [0.1, 0.15) is 17.5 Å². The van der Waals surface area contributed by atoms with E-state index in [1.165, 1.54) is 12.0 Å². The number of hydrogen-bond acceptors (Lipinski definition) is 8. The molecule has 43 heavy (non-hydrogen) atoms. The predicted molar refractivity (Wildman–Crippen MR) is 149 cm³/mol. The summed E-state index contributed by atoms with van der Waals surface area (Å²) in [5.41, 5.74) is 3.00. The smallest absolute Gasteiger partial charge is 0.490 e. The second kappa shape index (κ2) is 12.0. The van der Waals surface area contributed by atoms with Crippen LogP contribution in [0.4, 0.5) is 24.5 Å². The second-order valence-electron chi connectivity index (χ2n) is 10.2. The minimum atomic E-state index is -5.05. The summed E-state index contributed by atoms with van der Waals surface area (Å²) < 4.78 is 54.2. The summed E-state index contributed by atoms with van der Waals surface area (Å²) in [5.74, 6) is -1.71. The van der Waals surface area contributed by atoms with E-state index in [1.54, 1.807) is 77.2 Å². The zero-order valence-corrected chi connectivity index (χ0v) is 23.8. The number of likely N-dealkylation sites (tertiary alicyclic amines) is 1. The summed E-state index contributed by atoms with van der Waals surface area (Å²) >= 11 is 0. The number of halogens is 3. The van der Waals surface area contributed by atoms with Crippen LogP contribution >= 0.6 is 0 Å². The van der Waals surface area contributed by atoms with Crippen LogP contribution in [0.15, 0.2) is 48.5 Å². The van der Waals surface area contributed by atoms with Crippen molar-refractivity contribution >= 4 is 29.2 Å². The molecule has 0 spiro atoms. The molecule has 1 fully saturated rings. The van der Waals surface area contributed by atoms with Gasteiger partial charge >= 0.3 is 12.1 Å². The van der Waals surface area contributed by atoms with Crippen LogP contribution in [0.25, 0.3) is 5.69 Å². The van der Waals surface area contributed by atoms with E-state index in [9.17, 15) is 27.6 Å². The Morgan fingerprint density at radius 2 is 1.67 bits per heavy atom. The van der Waals surface area contributed by atoms with E-state index in [2.05, 4.69) is 9.84 Å². The van der Waals surface area contributed by atoms with Gasteiger partial charge in [0.25, 0.3) is 5.91 Å². The summed E-state index contributed by atoms with van der Waals surface area (Å²) in [6, 6.07) is 14.1. The molecule has 0 bridgehead atoms. The molecule has 14 heteroatoms. The number of methoxy groups -OCH3 is 2. The maximum Gasteiger partial charge on any atom is 0.490 e. The first-order chi connectivity index (χ1) is 20.5. The molecule has 2 aliphatic rings. The van der Waals surface area contributed by atoms with E-state index in [0.29, 0.717) is 53.9 Å². The molecule has 3 heterocycles. The Kier molecular flexibility index (Phi) is 8.31. The maximum atomic E-state index is 13.8. The Hall–Kier alpha value is -4.59. The van der Waals surface area contributed by atoms with Crippen molar-refractivity contribution in [3.8, 4) is 17.3 Å². The molecule has 5 rings (SSSR count). The van der Waals surface area contributed by atoms with E-state index in [-0.39, 0.29) is 31.3 Å². The number of rotatable bonds is 8. The van der Waals surface area contributed by atoms with Crippen molar-refractivity contribution in [2.24, 2.45) is 0 Å². The van der Waals surface area contributed by atoms with Gasteiger partial charge in [-0.2, -0.15) is 13.2 Å². The molecule has 2 aliphatic heterocycles. The summed E-state index contributed by atoms with van der Waals surface area (Å²) in [6.07, 6.45) is -5.24. The zero-order valence-electron chi connectivity index (χ0n) is 23.8.